The normalized spacial score (nSPS) is 15.4. The van der Waals surface area contributed by atoms with E-state index in [1.165, 1.54) is 14.5 Å². The zero-order chi connectivity index (χ0) is 30.2. The fraction of sp³-hybridized carbons (Fsp3) is 0.345. The molecule has 1 aliphatic rings. The summed E-state index contributed by atoms with van der Waals surface area (Å²) >= 11 is 5.04. The molecule has 0 atom stereocenters. The molecule has 2 N–H and O–H groups in total. The van der Waals surface area contributed by atoms with Gasteiger partial charge in [-0.3, -0.25) is 9.11 Å². The standard InChI is InChI=1S/C29H32N2O6S5/c1-4-21(18-26-30(13-7-15-41(32,33)34)27-19(2)20(3)38-29(27)40-26)17-25-31(14-8-16-42(35,36)37)28-23-10-6-5-9-22(23)11-12-24(28)39-25/h5-6,9-12,17-18H,4,7-8,13-16H2,1-3H3,(H-,32,33,34,35,36,37)/p+1. The number of benzene rings is 2. The summed E-state index contributed by atoms with van der Waals surface area (Å²) in [5.41, 5.74) is 4.39. The van der Waals surface area contributed by atoms with Crippen molar-refractivity contribution in [1.82, 2.24) is 0 Å². The van der Waals surface area contributed by atoms with E-state index in [4.69, 9.17) is 0 Å². The molecule has 2 aromatic heterocycles. The number of nitrogens with zero attached hydrogens (tertiary/aromatic N) is 2. The van der Waals surface area contributed by atoms with Crippen LogP contribution in [0.1, 0.15) is 41.6 Å². The highest BCUT2D eigenvalue weighted by Crippen LogP contribution is 2.50. The van der Waals surface area contributed by atoms with Crippen molar-refractivity contribution in [2.45, 2.75) is 51.5 Å². The Balaban J connectivity index is 1.55. The molecule has 0 unspecified atom stereocenters. The molecule has 0 saturated carbocycles. The van der Waals surface area contributed by atoms with E-state index in [2.05, 4.69) is 66.7 Å². The average Bonchev–Trinajstić information content (AvgIpc) is 3.52. The van der Waals surface area contributed by atoms with Crippen LogP contribution < -0.4 is 9.47 Å². The van der Waals surface area contributed by atoms with E-state index < -0.39 is 20.2 Å². The summed E-state index contributed by atoms with van der Waals surface area (Å²) in [5.74, 6) is -0.610. The first-order valence-corrected chi connectivity index (χ1v) is 19.2. The Morgan fingerprint density at radius 2 is 1.69 bits per heavy atom. The lowest BCUT2D eigenvalue weighted by molar-refractivity contribution is -0.668. The van der Waals surface area contributed by atoms with Crippen molar-refractivity contribution in [3.8, 4) is 0 Å². The number of hydrogen-bond acceptors (Lipinski definition) is 8. The van der Waals surface area contributed by atoms with Gasteiger partial charge in [-0.25, -0.2) is 0 Å². The smallest absolute Gasteiger partial charge is 0.265 e. The first-order valence-electron chi connectivity index (χ1n) is 13.6. The number of thiophene rings is 1. The predicted molar refractivity (Wildman–Crippen MR) is 175 cm³/mol. The van der Waals surface area contributed by atoms with Gasteiger partial charge in [0.25, 0.3) is 25.2 Å². The second kappa shape index (κ2) is 12.4. The molecule has 3 heterocycles. The van der Waals surface area contributed by atoms with E-state index in [9.17, 15) is 25.9 Å². The summed E-state index contributed by atoms with van der Waals surface area (Å²) in [4.78, 5) is 4.46. The van der Waals surface area contributed by atoms with E-state index in [0.29, 0.717) is 19.5 Å². The Bertz CT molecular complexity index is 1940. The van der Waals surface area contributed by atoms with E-state index in [-0.39, 0.29) is 17.9 Å². The van der Waals surface area contributed by atoms with Gasteiger partial charge in [0.15, 0.2) is 10.6 Å². The highest BCUT2D eigenvalue weighted by molar-refractivity contribution is 8.03. The van der Waals surface area contributed by atoms with Crippen LogP contribution in [0.2, 0.25) is 0 Å². The molecule has 224 valence electrons. The molecular formula is C29H33N2O6S5+. The summed E-state index contributed by atoms with van der Waals surface area (Å²) in [7, 11) is -8.13. The molecule has 0 spiro atoms. The zero-order valence-electron chi connectivity index (χ0n) is 23.5. The van der Waals surface area contributed by atoms with Crippen molar-refractivity contribution < 1.29 is 30.5 Å². The third-order valence-corrected chi connectivity index (χ3v) is 12.4. The second-order valence-electron chi connectivity index (χ2n) is 10.2. The van der Waals surface area contributed by atoms with Crippen LogP contribution in [-0.2, 0) is 26.8 Å². The van der Waals surface area contributed by atoms with Crippen LogP contribution >= 0.6 is 34.4 Å². The van der Waals surface area contributed by atoms with Crippen LogP contribution in [-0.4, -0.2) is 44.0 Å². The maximum absolute atomic E-state index is 11.5. The van der Waals surface area contributed by atoms with Crippen LogP contribution in [0.4, 0.5) is 5.69 Å². The molecule has 0 bridgehead atoms. The molecule has 8 nitrogen and oxygen atoms in total. The topological polar surface area (TPSA) is 116 Å². The van der Waals surface area contributed by atoms with E-state index in [0.717, 1.165) is 48.9 Å². The summed E-state index contributed by atoms with van der Waals surface area (Å²) in [5, 5.41) is 4.17. The monoisotopic (exact) mass is 665 g/mol. The Labute approximate surface area is 258 Å². The molecule has 2 aromatic carbocycles. The summed E-state index contributed by atoms with van der Waals surface area (Å²) in [6.07, 6.45) is 5.60. The van der Waals surface area contributed by atoms with Gasteiger partial charge in [0, 0.05) is 39.8 Å². The van der Waals surface area contributed by atoms with E-state index in [1.807, 2.05) is 12.1 Å². The number of allylic oxidation sites excluding steroid dienone is 2. The number of rotatable bonds is 11. The van der Waals surface area contributed by atoms with Gasteiger partial charge in [-0.1, -0.05) is 60.4 Å². The largest absolute Gasteiger partial charge is 0.334 e. The van der Waals surface area contributed by atoms with Gasteiger partial charge in [0.05, 0.1) is 22.2 Å². The molecule has 0 saturated heterocycles. The first kappa shape index (κ1) is 31.2. The molecule has 42 heavy (non-hydrogen) atoms. The SMILES string of the molecule is CCC(=C\c1sc2sc(C)c(C)c2[n+]1CCCS(=O)(=O)O)/C=C1/Sc2ccc3ccccc3c2N1CCCS(=O)(=O)O. The van der Waals surface area contributed by atoms with E-state index >= 15 is 0 Å². The van der Waals surface area contributed by atoms with Crippen molar-refractivity contribution >= 4 is 86.7 Å². The number of aromatic nitrogens is 1. The Morgan fingerprint density at radius 3 is 2.40 bits per heavy atom. The van der Waals surface area contributed by atoms with Crippen LogP contribution in [0, 0.1) is 13.8 Å². The molecule has 0 fully saturated rings. The van der Waals surface area contributed by atoms with Gasteiger partial charge in [-0.05, 0) is 49.8 Å². The summed E-state index contributed by atoms with van der Waals surface area (Å²) < 4.78 is 67.8. The summed E-state index contributed by atoms with van der Waals surface area (Å²) in [6, 6.07) is 12.3. The predicted octanol–water partition coefficient (Wildman–Crippen LogP) is 6.82. The molecule has 13 heteroatoms. The number of anilines is 1. The average molecular weight is 666 g/mol. The second-order valence-corrected chi connectivity index (χ2v) is 17.0. The number of thioether (sulfide) groups is 1. The lowest BCUT2D eigenvalue weighted by Crippen LogP contribution is -2.36. The quantitative estimate of drug-likeness (QED) is 0.132. The highest BCUT2D eigenvalue weighted by atomic mass is 32.2. The molecule has 5 rings (SSSR count). The van der Waals surface area contributed by atoms with Crippen molar-refractivity contribution in [3.05, 3.63) is 68.5 Å². The molecule has 0 aliphatic carbocycles. The van der Waals surface area contributed by atoms with Crippen LogP contribution in [0.25, 0.3) is 26.4 Å². The first-order chi connectivity index (χ1) is 19.8. The van der Waals surface area contributed by atoms with E-state index in [1.54, 1.807) is 34.4 Å². The molecule has 0 radical (unpaired) electrons. The maximum atomic E-state index is 11.5. The zero-order valence-corrected chi connectivity index (χ0v) is 27.6. The third-order valence-electron chi connectivity index (χ3n) is 7.26. The van der Waals surface area contributed by atoms with Crippen molar-refractivity contribution in [2.24, 2.45) is 0 Å². The fourth-order valence-electron chi connectivity index (χ4n) is 5.13. The Morgan fingerprint density at radius 1 is 0.976 bits per heavy atom. The Hall–Kier alpha value is -2.26. The Kier molecular flexibility index (Phi) is 9.19. The van der Waals surface area contributed by atoms with Gasteiger partial charge in [0.1, 0.15) is 0 Å². The number of hydrogen-bond donors (Lipinski definition) is 2. The molecule has 4 aromatic rings. The lowest BCUT2D eigenvalue weighted by Gasteiger charge is -2.22. The van der Waals surface area contributed by atoms with Crippen LogP contribution in [0.5, 0.6) is 0 Å². The maximum Gasteiger partial charge on any atom is 0.265 e. The van der Waals surface area contributed by atoms with Gasteiger partial charge in [-0.2, -0.15) is 21.4 Å². The fourth-order valence-corrected chi connectivity index (χ4v) is 10.0. The van der Waals surface area contributed by atoms with Crippen molar-refractivity contribution in [1.29, 1.82) is 0 Å². The minimum atomic E-state index is -4.08. The van der Waals surface area contributed by atoms with Crippen molar-refractivity contribution in [3.63, 3.8) is 0 Å². The number of aryl methyl sites for hydroxylation is 3. The number of fused-ring (bicyclic) bond motifs is 4. The van der Waals surface area contributed by atoms with Crippen LogP contribution in [0.3, 0.4) is 0 Å². The van der Waals surface area contributed by atoms with Gasteiger partial charge < -0.3 is 4.90 Å². The van der Waals surface area contributed by atoms with Crippen LogP contribution in [0.15, 0.2) is 58.0 Å². The minimum absolute atomic E-state index is 0.276. The minimum Gasteiger partial charge on any atom is -0.334 e. The van der Waals surface area contributed by atoms with Crippen molar-refractivity contribution in [2.75, 3.05) is 23.0 Å². The number of thiazole rings is 1. The molecule has 0 amide bonds. The van der Waals surface area contributed by atoms with Gasteiger partial charge >= 0.3 is 0 Å². The lowest BCUT2D eigenvalue weighted by atomic mass is 10.1. The third kappa shape index (κ3) is 6.93. The molecule has 1 aliphatic heterocycles. The summed E-state index contributed by atoms with van der Waals surface area (Å²) in [6.45, 7) is 7.14. The highest BCUT2D eigenvalue weighted by Gasteiger charge is 2.29. The van der Waals surface area contributed by atoms with Gasteiger partial charge in [0.2, 0.25) is 5.52 Å². The molecular weight excluding hydrogens is 633 g/mol. The van der Waals surface area contributed by atoms with Gasteiger partial charge in [-0.15, -0.1) is 11.3 Å².